The van der Waals surface area contributed by atoms with Gasteiger partial charge in [0.25, 0.3) is 5.91 Å². The van der Waals surface area contributed by atoms with E-state index < -0.39 is 0 Å². The van der Waals surface area contributed by atoms with E-state index in [2.05, 4.69) is 22.3 Å². The largest absolute Gasteiger partial charge is 0.497 e. The van der Waals surface area contributed by atoms with E-state index in [4.69, 9.17) is 4.74 Å². The number of benzene rings is 2. The SMILES string of the molecule is COc1ccc(C(CNC(=O)c2sccc2-c2ccccc2)N2CCCC2)cc1. The van der Waals surface area contributed by atoms with Crippen LogP contribution in [0.4, 0.5) is 0 Å². The van der Waals surface area contributed by atoms with E-state index in [1.807, 2.05) is 53.9 Å². The van der Waals surface area contributed by atoms with Crippen LogP contribution in [-0.2, 0) is 0 Å². The van der Waals surface area contributed by atoms with Crippen molar-refractivity contribution in [3.63, 3.8) is 0 Å². The maximum Gasteiger partial charge on any atom is 0.262 e. The van der Waals surface area contributed by atoms with E-state index in [-0.39, 0.29) is 11.9 Å². The summed E-state index contributed by atoms with van der Waals surface area (Å²) >= 11 is 1.49. The van der Waals surface area contributed by atoms with Crippen LogP contribution in [0.2, 0.25) is 0 Å². The van der Waals surface area contributed by atoms with E-state index in [0.29, 0.717) is 6.54 Å². The Balaban J connectivity index is 1.50. The molecule has 4 rings (SSSR count). The van der Waals surface area contributed by atoms with Crippen LogP contribution in [0.1, 0.15) is 34.1 Å². The van der Waals surface area contributed by atoms with Gasteiger partial charge in [0.1, 0.15) is 5.75 Å². The Bertz CT molecular complexity index is 931. The van der Waals surface area contributed by atoms with E-state index in [1.165, 1.54) is 29.7 Å². The average Bonchev–Trinajstić information content (AvgIpc) is 3.47. The number of carbonyl (C=O) groups excluding carboxylic acids is 1. The molecule has 1 amide bonds. The summed E-state index contributed by atoms with van der Waals surface area (Å²) in [6, 6.07) is 20.5. The van der Waals surface area contributed by atoms with Gasteiger partial charge in [0.05, 0.1) is 18.0 Å². The molecule has 0 radical (unpaired) electrons. The Morgan fingerprint density at radius 1 is 1.07 bits per heavy atom. The van der Waals surface area contributed by atoms with E-state index in [9.17, 15) is 4.79 Å². The van der Waals surface area contributed by atoms with Crippen molar-refractivity contribution in [3.05, 3.63) is 76.5 Å². The van der Waals surface area contributed by atoms with Crippen LogP contribution in [0.15, 0.2) is 66.0 Å². The number of rotatable bonds is 7. The number of methoxy groups -OCH3 is 1. The molecule has 1 fully saturated rings. The lowest BCUT2D eigenvalue weighted by Gasteiger charge is -2.28. The van der Waals surface area contributed by atoms with Gasteiger partial charge in [-0.3, -0.25) is 9.69 Å². The molecular weight excluding hydrogens is 380 g/mol. The van der Waals surface area contributed by atoms with E-state index in [1.54, 1.807) is 7.11 Å². The predicted molar refractivity (Wildman–Crippen MR) is 119 cm³/mol. The summed E-state index contributed by atoms with van der Waals surface area (Å²) in [5, 5.41) is 5.18. The molecule has 4 nitrogen and oxygen atoms in total. The Kier molecular flexibility index (Phi) is 6.27. The van der Waals surface area contributed by atoms with Crippen LogP contribution >= 0.6 is 11.3 Å². The van der Waals surface area contributed by atoms with Crippen molar-refractivity contribution in [2.24, 2.45) is 0 Å². The first-order valence-electron chi connectivity index (χ1n) is 10.1. The number of nitrogens with zero attached hydrogens (tertiary/aromatic N) is 1. The van der Waals surface area contributed by atoms with Gasteiger partial charge in [0, 0.05) is 12.1 Å². The molecule has 1 aromatic heterocycles. The third-order valence-electron chi connectivity index (χ3n) is 5.49. The summed E-state index contributed by atoms with van der Waals surface area (Å²) in [5.41, 5.74) is 3.28. The van der Waals surface area contributed by atoms with Crippen molar-refractivity contribution >= 4 is 17.2 Å². The standard InChI is InChI=1S/C24H26N2O2S/c1-28-20-11-9-19(10-12-20)22(26-14-5-6-15-26)17-25-24(27)23-21(13-16-29-23)18-7-3-2-4-8-18/h2-4,7-13,16,22H,5-6,14-15,17H2,1H3,(H,25,27). The van der Waals surface area contributed by atoms with Crippen molar-refractivity contribution < 1.29 is 9.53 Å². The van der Waals surface area contributed by atoms with Crippen LogP contribution in [0.5, 0.6) is 5.75 Å². The van der Waals surface area contributed by atoms with Crippen LogP contribution in [0.3, 0.4) is 0 Å². The normalized spacial score (nSPS) is 15.2. The maximum atomic E-state index is 13.0. The monoisotopic (exact) mass is 406 g/mol. The molecule has 1 aliphatic rings. The lowest BCUT2D eigenvalue weighted by Crippen LogP contribution is -2.36. The van der Waals surface area contributed by atoms with Gasteiger partial charge >= 0.3 is 0 Å². The summed E-state index contributed by atoms with van der Waals surface area (Å²) < 4.78 is 5.29. The Morgan fingerprint density at radius 2 is 1.79 bits per heavy atom. The fraction of sp³-hybridized carbons (Fsp3) is 0.292. The quantitative estimate of drug-likeness (QED) is 0.601. The Labute approximate surface area is 176 Å². The minimum absolute atomic E-state index is 0.00318. The number of ether oxygens (including phenoxy) is 1. The summed E-state index contributed by atoms with van der Waals surface area (Å²) in [4.78, 5) is 16.2. The summed E-state index contributed by atoms with van der Waals surface area (Å²) in [6.07, 6.45) is 2.42. The number of likely N-dealkylation sites (tertiary alicyclic amines) is 1. The molecule has 2 aromatic carbocycles. The first kappa shape index (κ1) is 19.7. The van der Waals surface area contributed by atoms with Crippen molar-refractivity contribution in [3.8, 4) is 16.9 Å². The van der Waals surface area contributed by atoms with Gasteiger partial charge in [-0.25, -0.2) is 0 Å². The second-order valence-electron chi connectivity index (χ2n) is 7.27. The van der Waals surface area contributed by atoms with Gasteiger partial charge in [-0.15, -0.1) is 11.3 Å². The molecule has 1 saturated heterocycles. The number of hydrogen-bond donors (Lipinski definition) is 1. The zero-order chi connectivity index (χ0) is 20.1. The molecule has 5 heteroatoms. The van der Waals surface area contributed by atoms with Crippen molar-refractivity contribution in [1.82, 2.24) is 10.2 Å². The highest BCUT2D eigenvalue weighted by Gasteiger charge is 2.25. The first-order valence-corrected chi connectivity index (χ1v) is 10.9. The average molecular weight is 407 g/mol. The van der Waals surface area contributed by atoms with E-state index >= 15 is 0 Å². The van der Waals surface area contributed by atoms with Gasteiger partial charge in [-0.05, 0) is 60.6 Å². The van der Waals surface area contributed by atoms with Gasteiger partial charge in [0.2, 0.25) is 0 Å². The number of amides is 1. The number of hydrogen-bond acceptors (Lipinski definition) is 4. The van der Waals surface area contributed by atoms with Gasteiger partial charge in [-0.2, -0.15) is 0 Å². The predicted octanol–water partition coefficient (Wildman–Crippen LogP) is 4.99. The van der Waals surface area contributed by atoms with Crippen molar-refractivity contribution in [2.45, 2.75) is 18.9 Å². The van der Waals surface area contributed by atoms with Crippen LogP contribution in [-0.4, -0.2) is 37.6 Å². The number of thiophene rings is 1. The Morgan fingerprint density at radius 3 is 2.48 bits per heavy atom. The summed E-state index contributed by atoms with van der Waals surface area (Å²) in [7, 11) is 1.68. The lowest BCUT2D eigenvalue weighted by molar-refractivity contribution is 0.0942. The van der Waals surface area contributed by atoms with E-state index in [0.717, 1.165) is 34.8 Å². The highest BCUT2D eigenvalue weighted by Crippen LogP contribution is 2.29. The molecule has 150 valence electrons. The number of nitrogens with one attached hydrogen (secondary N) is 1. The Hall–Kier alpha value is -2.63. The zero-order valence-corrected chi connectivity index (χ0v) is 17.5. The lowest BCUT2D eigenvalue weighted by atomic mass is 10.0. The highest BCUT2D eigenvalue weighted by molar-refractivity contribution is 7.12. The second kappa shape index (κ2) is 9.25. The summed E-state index contributed by atoms with van der Waals surface area (Å²) in [5.74, 6) is 0.848. The number of carbonyl (C=O) groups is 1. The van der Waals surface area contributed by atoms with Crippen molar-refractivity contribution in [1.29, 1.82) is 0 Å². The van der Waals surface area contributed by atoms with Crippen LogP contribution < -0.4 is 10.1 Å². The highest BCUT2D eigenvalue weighted by atomic mass is 32.1. The minimum Gasteiger partial charge on any atom is -0.497 e. The molecule has 1 N–H and O–H groups in total. The maximum absolute atomic E-state index is 13.0. The topological polar surface area (TPSA) is 41.6 Å². The molecule has 1 unspecified atom stereocenters. The molecule has 1 aliphatic heterocycles. The zero-order valence-electron chi connectivity index (χ0n) is 16.6. The molecule has 29 heavy (non-hydrogen) atoms. The van der Waals surface area contributed by atoms with Crippen molar-refractivity contribution in [2.75, 3.05) is 26.7 Å². The molecule has 0 bridgehead atoms. The molecule has 0 aliphatic carbocycles. The molecular formula is C24H26N2O2S. The van der Waals surface area contributed by atoms with Gasteiger partial charge in [-0.1, -0.05) is 42.5 Å². The molecule has 0 spiro atoms. The minimum atomic E-state index is -0.00318. The molecule has 2 heterocycles. The fourth-order valence-electron chi connectivity index (χ4n) is 3.94. The second-order valence-corrected chi connectivity index (χ2v) is 8.19. The van der Waals surface area contributed by atoms with Crippen LogP contribution in [0.25, 0.3) is 11.1 Å². The third-order valence-corrected chi connectivity index (χ3v) is 6.41. The van der Waals surface area contributed by atoms with Gasteiger partial charge in [0.15, 0.2) is 0 Å². The third kappa shape index (κ3) is 4.52. The first-order chi connectivity index (χ1) is 14.3. The van der Waals surface area contributed by atoms with Crippen LogP contribution in [0, 0.1) is 0 Å². The molecule has 1 atom stereocenters. The van der Waals surface area contributed by atoms with Gasteiger partial charge < -0.3 is 10.1 Å². The fourth-order valence-corrected chi connectivity index (χ4v) is 4.77. The molecule has 0 saturated carbocycles. The smallest absolute Gasteiger partial charge is 0.262 e. The molecule has 3 aromatic rings. The summed E-state index contributed by atoms with van der Waals surface area (Å²) in [6.45, 7) is 2.74.